The smallest absolute Gasteiger partial charge is 0.151 e. The van der Waals surface area contributed by atoms with Gasteiger partial charge in [-0.3, -0.25) is 9.98 Å². The Labute approximate surface area is 77.2 Å². The van der Waals surface area contributed by atoms with E-state index in [9.17, 15) is 0 Å². The molecule has 0 aliphatic carbocycles. The van der Waals surface area contributed by atoms with Gasteiger partial charge in [-0.25, -0.2) is 4.99 Å². The second-order valence-corrected chi connectivity index (χ2v) is 2.48. The largest absolute Gasteiger partial charge is 0.382 e. The first-order valence-corrected chi connectivity index (χ1v) is 3.93. The fourth-order valence-electron chi connectivity index (χ4n) is 0.796. The molecule has 2 N–H and O–H groups in total. The maximum Gasteiger partial charge on any atom is 0.151 e. The third-order valence-electron chi connectivity index (χ3n) is 1.53. The molecule has 0 spiro atoms. The van der Waals surface area contributed by atoms with E-state index in [4.69, 9.17) is 5.73 Å². The number of rotatable bonds is 1. The Morgan fingerprint density at radius 3 is 2.77 bits per heavy atom. The molecule has 0 unspecified atom stereocenters. The third kappa shape index (κ3) is 2.66. The Morgan fingerprint density at radius 2 is 2.23 bits per heavy atom. The molecule has 0 aliphatic heterocycles. The number of nitrogens with zero attached hydrogens (tertiary/aromatic N) is 3. The van der Waals surface area contributed by atoms with Crippen molar-refractivity contribution in [1.82, 2.24) is 4.98 Å². The number of nitrogens with two attached hydrogens (primary N) is 1. The van der Waals surface area contributed by atoms with Crippen molar-refractivity contribution in [3.63, 3.8) is 0 Å². The molecule has 1 rings (SSSR count). The summed E-state index contributed by atoms with van der Waals surface area (Å²) in [4.78, 5) is 12.0. The van der Waals surface area contributed by atoms with E-state index in [-0.39, 0.29) is 0 Å². The Balaban J connectivity index is 2.92. The van der Waals surface area contributed by atoms with Crippen LogP contribution in [0.3, 0.4) is 0 Å². The summed E-state index contributed by atoms with van der Waals surface area (Å²) in [5.74, 6) is 1.03. The molecule has 0 aliphatic rings. The fraction of sp³-hybridized carbons (Fsp3) is 0.222. The number of hydrogen-bond acceptors (Lipinski definition) is 2. The molecule has 1 aromatic heterocycles. The molecule has 0 saturated heterocycles. The molecule has 1 heterocycles. The molecule has 0 atom stereocenters. The molecular weight excluding hydrogens is 164 g/mol. The number of hydrogen-bond donors (Lipinski definition) is 1. The van der Waals surface area contributed by atoms with Gasteiger partial charge in [-0.2, -0.15) is 0 Å². The van der Waals surface area contributed by atoms with Crippen LogP contribution >= 0.6 is 0 Å². The van der Waals surface area contributed by atoms with Gasteiger partial charge in [0.2, 0.25) is 0 Å². The summed E-state index contributed by atoms with van der Waals surface area (Å²) in [6, 6.07) is 5.50. The monoisotopic (exact) mass is 176 g/mol. The second-order valence-electron chi connectivity index (χ2n) is 2.48. The van der Waals surface area contributed by atoms with Gasteiger partial charge in [0.25, 0.3) is 0 Å². The zero-order valence-corrected chi connectivity index (χ0v) is 7.73. The Morgan fingerprint density at radius 1 is 1.46 bits per heavy atom. The van der Waals surface area contributed by atoms with E-state index in [2.05, 4.69) is 15.0 Å². The quantitative estimate of drug-likeness (QED) is 0.509. The van der Waals surface area contributed by atoms with Gasteiger partial charge in [0.05, 0.1) is 0 Å². The van der Waals surface area contributed by atoms with Crippen molar-refractivity contribution in [2.24, 2.45) is 15.7 Å². The van der Waals surface area contributed by atoms with Crippen LogP contribution in [0, 0.1) is 0 Å². The summed E-state index contributed by atoms with van der Waals surface area (Å²) in [7, 11) is 1.67. The molecule has 13 heavy (non-hydrogen) atoms. The van der Waals surface area contributed by atoms with Crippen molar-refractivity contribution in [3.8, 4) is 0 Å². The molecule has 0 aromatic carbocycles. The van der Waals surface area contributed by atoms with Gasteiger partial charge in [0.1, 0.15) is 11.5 Å². The molecule has 0 radical (unpaired) electrons. The predicted octanol–water partition coefficient (Wildman–Crippen LogP) is 0.835. The average molecular weight is 176 g/mol. The SMILES string of the molecule is CN=C(C)N=C(N)c1ccccn1. The summed E-state index contributed by atoms with van der Waals surface area (Å²) >= 11 is 0. The van der Waals surface area contributed by atoms with Crippen LogP contribution in [0.2, 0.25) is 0 Å². The highest BCUT2D eigenvalue weighted by molar-refractivity contribution is 6.03. The zero-order chi connectivity index (χ0) is 9.68. The van der Waals surface area contributed by atoms with Crippen LogP contribution in [0.5, 0.6) is 0 Å². The molecule has 0 fully saturated rings. The average Bonchev–Trinajstić information content (AvgIpc) is 2.19. The van der Waals surface area contributed by atoms with Crippen molar-refractivity contribution in [2.75, 3.05) is 7.05 Å². The minimum atomic E-state index is 0.392. The lowest BCUT2D eigenvalue weighted by atomic mass is 10.3. The van der Waals surface area contributed by atoms with Gasteiger partial charge in [-0.05, 0) is 19.1 Å². The molecular formula is C9H12N4. The number of pyridine rings is 1. The lowest BCUT2D eigenvalue weighted by molar-refractivity contribution is 1.27. The van der Waals surface area contributed by atoms with E-state index in [1.54, 1.807) is 20.2 Å². The summed E-state index contributed by atoms with van der Waals surface area (Å²) in [6.45, 7) is 1.79. The molecule has 68 valence electrons. The highest BCUT2D eigenvalue weighted by atomic mass is 15.0. The topological polar surface area (TPSA) is 63.6 Å². The normalized spacial score (nSPS) is 13.1. The summed E-state index contributed by atoms with van der Waals surface area (Å²) in [5.41, 5.74) is 6.35. The molecule has 0 bridgehead atoms. The van der Waals surface area contributed by atoms with Gasteiger partial charge in [0.15, 0.2) is 5.84 Å². The first-order valence-electron chi connectivity index (χ1n) is 3.93. The third-order valence-corrected chi connectivity index (χ3v) is 1.53. The van der Waals surface area contributed by atoms with Crippen molar-refractivity contribution < 1.29 is 0 Å². The van der Waals surface area contributed by atoms with Crippen molar-refractivity contribution in [3.05, 3.63) is 30.1 Å². The molecule has 4 nitrogen and oxygen atoms in total. The van der Waals surface area contributed by atoms with Gasteiger partial charge in [0, 0.05) is 13.2 Å². The van der Waals surface area contributed by atoms with Crippen LogP contribution in [-0.4, -0.2) is 23.7 Å². The number of aromatic nitrogens is 1. The van der Waals surface area contributed by atoms with Crippen LogP contribution in [-0.2, 0) is 0 Å². The van der Waals surface area contributed by atoms with Crippen LogP contribution in [0.15, 0.2) is 34.4 Å². The molecule has 0 amide bonds. The Hall–Kier alpha value is -1.71. The highest BCUT2D eigenvalue weighted by Gasteiger charge is 1.97. The molecule has 0 saturated carbocycles. The van der Waals surface area contributed by atoms with Crippen molar-refractivity contribution in [2.45, 2.75) is 6.92 Å². The van der Waals surface area contributed by atoms with E-state index >= 15 is 0 Å². The maximum absolute atomic E-state index is 5.68. The number of amidine groups is 2. The number of aliphatic imine (C=N–C) groups is 2. The van der Waals surface area contributed by atoms with Crippen molar-refractivity contribution >= 4 is 11.7 Å². The van der Waals surface area contributed by atoms with Crippen LogP contribution in [0.4, 0.5) is 0 Å². The molecule has 4 heteroatoms. The van der Waals surface area contributed by atoms with E-state index in [0.29, 0.717) is 17.4 Å². The van der Waals surface area contributed by atoms with Crippen LogP contribution in [0.1, 0.15) is 12.6 Å². The summed E-state index contributed by atoms with van der Waals surface area (Å²) in [6.07, 6.45) is 1.68. The first-order chi connectivity index (χ1) is 6.24. The van der Waals surface area contributed by atoms with E-state index < -0.39 is 0 Å². The van der Waals surface area contributed by atoms with Crippen LogP contribution in [0.25, 0.3) is 0 Å². The maximum atomic E-state index is 5.68. The minimum absolute atomic E-state index is 0.392. The second kappa shape index (κ2) is 4.35. The van der Waals surface area contributed by atoms with E-state index in [0.717, 1.165) is 0 Å². The Bertz CT molecular complexity index is 327. The van der Waals surface area contributed by atoms with Crippen molar-refractivity contribution in [1.29, 1.82) is 0 Å². The minimum Gasteiger partial charge on any atom is -0.382 e. The standard InChI is InChI=1S/C9H12N4/c1-7(11-2)13-9(10)8-5-3-4-6-12-8/h3-6H,1-2H3,(H2,10,11,13). The van der Waals surface area contributed by atoms with Gasteiger partial charge in [-0.15, -0.1) is 0 Å². The summed E-state index contributed by atoms with van der Waals surface area (Å²) in [5, 5.41) is 0. The predicted molar refractivity (Wildman–Crippen MR) is 54.0 cm³/mol. The van der Waals surface area contributed by atoms with Gasteiger partial charge >= 0.3 is 0 Å². The zero-order valence-electron chi connectivity index (χ0n) is 7.73. The van der Waals surface area contributed by atoms with E-state index in [1.807, 2.05) is 18.2 Å². The highest BCUT2D eigenvalue weighted by Crippen LogP contribution is 1.93. The fourth-order valence-corrected chi connectivity index (χ4v) is 0.796. The summed E-state index contributed by atoms with van der Waals surface area (Å²) < 4.78 is 0. The van der Waals surface area contributed by atoms with Crippen LogP contribution < -0.4 is 5.73 Å². The lowest BCUT2D eigenvalue weighted by Crippen LogP contribution is -2.16. The van der Waals surface area contributed by atoms with Gasteiger partial charge in [-0.1, -0.05) is 6.07 Å². The van der Waals surface area contributed by atoms with E-state index in [1.165, 1.54) is 0 Å². The van der Waals surface area contributed by atoms with Gasteiger partial charge < -0.3 is 5.73 Å². The molecule has 1 aromatic rings. The Kier molecular flexibility index (Phi) is 3.14. The first kappa shape index (κ1) is 9.38. The lowest BCUT2D eigenvalue weighted by Gasteiger charge is -1.97.